The molecule has 0 aliphatic rings. The first-order valence-electron chi connectivity index (χ1n) is 5.71. The lowest BCUT2D eigenvalue weighted by Gasteiger charge is -2.16. The average molecular weight is 316 g/mol. The molecule has 1 unspecified atom stereocenters. The summed E-state index contributed by atoms with van der Waals surface area (Å²) in [5, 5.41) is 11.9. The first kappa shape index (κ1) is 14.9. The summed E-state index contributed by atoms with van der Waals surface area (Å²) in [4.78, 5) is 18.0. The summed E-state index contributed by atoms with van der Waals surface area (Å²) in [6.45, 7) is 2.13. The van der Waals surface area contributed by atoms with Gasteiger partial charge in [-0.2, -0.15) is 0 Å². The smallest absolute Gasteiger partial charge is 0.255 e. The Morgan fingerprint density at radius 2 is 2.28 bits per heavy atom. The second kappa shape index (κ2) is 6.70. The number of rotatable bonds is 5. The Morgan fingerprint density at radius 1 is 1.61 bits per heavy atom. The van der Waals surface area contributed by atoms with Crippen LogP contribution in [0.4, 0.5) is 5.82 Å². The van der Waals surface area contributed by atoms with E-state index in [1.54, 1.807) is 24.1 Å². The Hall–Kier alpha value is -1.14. The number of aliphatic hydroxyl groups excluding tert-OH is 1. The molecule has 0 bridgehead atoms. The van der Waals surface area contributed by atoms with Gasteiger partial charge < -0.3 is 15.3 Å². The number of carbonyl (C=O) groups is 1. The number of pyridine rings is 1. The van der Waals surface area contributed by atoms with Crippen LogP contribution in [-0.2, 0) is 0 Å². The van der Waals surface area contributed by atoms with Gasteiger partial charge in [0.1, 0.15) is 5.82 Å². The van der Waals surface area contributed by atoms with E-state index in [0.29, 0.717) is 24.3 Å². The Labute approximate surface area is 115 Å². The number of aliphatic hydroxyl groups is 1. The SMILES string of the molecule is CC(O)CCNC(=O)c1cc(Br)cnc1N(C)C. The van der Waals surface area contributed by atoms with E-state index < -0.39 is 6.10 Å². The summed E-state index contributed by atoms with van der Waals surface area (Å²) < 4.78 is 0.758. The minimum atomic E-state index is -0.417. The molecule has 0 spiro atoms. The summed E-state index contributed by atoms with van der Waals surface area (Å²) in [7, 11) is 3.67. The molecule has 0 aliphatic heterocycles. The number of amides is 1. The maximum Gasteiger partial charge on any atom is 0.255 e. The third-order valence-electron chi connectivity index (χ3n) is 2.35. The van der Waals surface area contributed by atoms with Crippen LogP contribution in [0.5, 0.6) is 0 Å². The summed E-state index contributed by atoms with van der Waals surface area (Å²) >= 11 is 3.30. The molecule has 0 saturated carbocycles. The van der Waals surface area contributed by atoms with Crippen LogP contribution >= 0.6 is 15.9 Å². The number of hydrogen-bond donors (Lipinski definition) is 2. The largest absolute Gasteiger partial charge is 0.393 e. The maximum absolute atomic E-state index is 12.0. The molecule has 1 atom stereocenters. The normalized spacial score (nSPS) is 12.1. The van der Waals surface area contributed by atoms with Crippen molar-refractivity contribution >= 4 is 27.7 Å². The van der Waals surface area contributed by atoms with Gasteiger partial charge in [-0.25, -0.2) is 4.98 Å². The molecule has 100 valence electrons. The number of nitrogens with one attached hydrogen (secondary N) is 1. The molecule has 5 nitrogen and oxygen atoms in total. The van der Waals surface area contributed by atoms with Gasteiger partial charge >= 0.3 is 0 Å². The fourth-order valence-corrected chi connectivity index (χ4v) is 1.78. The van der Waals surface area contributed by atoms with Crippen molar-refractivity contribution in [2.24, 2.45) is 0 Å². The molecule has 0 aromatic carbocycles. The molecule has 0 fully saturated rings. The van der Waals surface area contributed by atoms with Crippen LogP contribution in [0.15, 0.2) is 16.7 Å². The Morgan fingerprint density at radius 3 is 2.83 bits per heavy atom. The van der Waals surface area contributed by atoms with Gasteiger partial charge in [0.2, 0.25) is 0 Å². The molecular formula is C12H18BrN3O2. The third kappa shape index (κ3) is 4.27. The first-order chi connectivity index (χ1) is 8.41. The zero-order valence-corrected chi connectivity index (χ0v) is 12.4. The predicted octanol–water partition coefficient (Wildman–Crippen LogP) is 1.41. The van der Waals surface area contributed by atoms with E-state index in [9.17, 15) is 4.79 Å². The number of halogens is 1. The van der Waals surface area contributed by atoms with Gasteiger partial charge in [0.05, 0.1) is 11.7 Å². The van der Waals surface area contributed by atoms with Crippen LogP contribution in [0.3, 0.4) is 0 Å². The number of aromatic nitrogens is 1. The van der Waals surface area contributed by atoms with Crippen molar-refractivity contribution < 1.29 is 9.90 Å². The first-order valence-corrected chi connectivity index (χ1v) is 6.50. The molecule has 0 saturated heterocycles. The van der Waals surface area contributed by atoms with Crippen molar-refractivity contribution in [1.29, 1.82) is 0 Å². The van der Waals surface area contributed by atoms with Gasteiger partial charge in [-0.3, -0.25) is 4.79 Å². The molecule has 1 aromatic rings. The summed E-state index contributed by atoms with van der Waals surface area (Å²) in [5.74, 6) is 0.431. The van der Waals surface area contributed by atoms with Crippen molar-refractivity contribution in [1.82, 2.24) is 10.3 Å². The van der Waals surface area contributed by atoms with Crippen LogP contribution in [0.1, 0.15) is 23.7 Å². The van der Waals surface area contributed by atoms with Crippen LogP contribution in [-0.4, -0.2) is 42.7 Å². The van der Waals surface area contributed by atoms with Gasteiger partial charge in [0, 0.05) is 31.3 Å². The zero-order chi connectivity index (χ0) is 13.7. The minimum Gasteiger partial charge on any atom is -0.393 e. The van der Waals surface area contributed by atoms with E-state index in [1.807, 2.05) is 14.1 Å². The monoisotopic (exact) mass is 315 g/mol. The van der Waals surface area contributed by atoms with Gasteiger partial charge in [-0.05, 0) is 35.3 Å². The minimum absolute atomic E-state index is 0.187. The zero-order valence-electron chi connectivity index (χ0n) is 10.8. The van der Waals surface area contributed by atoms with Crippen LogP contribution in [0.25, 0.3) is 0 Å². The molecule has 1 heterocycles. The van der Waals surface area contributed by atoms with E-state index >= 15 is 0 Å². The van der Waals surface area contributed by atoms with E-state index in [4.69, 9.17) is 5.11 Å². The standard InChI is InChI=1S/C12H18BrN3O2/c1-8(17)4-5-14-12(18)10-6-9(13)7-15-11(10)16(2)3/h6-8,17H,4-5H2,1-3H3,(H,14,18). The van der Waals surface area contributed by atoms with Crippen LogP contribution in [0, 0.1) is 0 Å². The highest BCUT2D eigenvalue weighted by Crippen LogP contribution is 2.19. The van der Waals surface area contributed by atoms with Crippen molar-refractivity contribution in [3.05, 3.63) is 22.3 Å². The molecular weight excluding hydrogens is 298 g/mol. The van der Waals surface area contributed by atoms with Crippen molar-refractivity contribution in [3.63, 3.8) is 0 Å². The van der Waals surface area contributed by atoms with E-state index in [2.05, 4.69) is 26.2 Å². The summed E-state index contributed by atoms with van der Waals surface area (Å²) in [6, 6.07) is 1.74. The lowest BCUT2D eigenvalue weighted by atomic mass is 10.2. The fraction of sp³-hybridized carbons (Fsp3) is 0.500. The molecule has 18 heavy (non-hydrogen) atoms. The fourth-order valence-electron chi connectivity index (χ4n) is 1.45. The second-order valence-electron chi connectivity index (χ2n) is 4.31. The molecule has 0 radical (unpaired) electrons. The molecule has 1 amide bonds. The van der Waals surface area contributed by atoms with Crippen LogP contribution in [0.2, 0.25) is 0 Å². The predicted molar refractivity (Wildman–Crippen MR) is 74.9 cm³/mol. The van der Waals surface area contributed by atoms with Crippen LogP contribution < -0.4 is 10.2 Å². The lowest BCUT2D eigenvalue weighted by molar-refractivity contribution is 0.0945. The quantitative estimate of drug-likeness (QED) is 0.862. The number of carbonyl (C=O) groups excluding carboxylic acids is 1. The van der Waals surface area contributed by atoms with Crippen molar-refractivity contribution in [2.45, 2.75) is 19.4 Å². The van der Waals surface area contributed by atoms with Gasteiger partial charge in [0.15, 0.2) is 0 Å². The van der Waals surface area contributed by atoms with E-state index in [0.717, 1.165) is 4.47 Å². The van der Waals surface area contributed by atoms with E-state index in [-0.39, 0.29) is 5.91 Å². The highest BCUT2D eigenvalue weighted by Gasteiger charge is 2.14. The van der Waals surface area contributed by atoms with Gasteiger partial charge in [-0.1, -0.05) is 0 Å². The highest BCUT2D eigenvalue weighted by molar-refractivity contribution is 9.10. The van der Waals surface area contributed by atoms with Gasteiger partial charge in [0.25, 0.3) is 5.91 Å². The summed E-state index contributed by atoms with van der Waals surface area (Å²) in [6.07, 6.45) is 1.77. The highest BCUT2D eigenvalue weighted by atomic mass is 79.9. The summed E-state index contributed by atoms with van der Waals surface area (Å²) in [5.41, 5.74) is 0.514. The lowest BCUT2D eigenvalue weighted by Crippen LogP contribution is -2.28. The maximum atomic E-state index is 12.0. The van der Waals surface area contributed by atoms with Crippen molar-refractivity contribution in [3.8, 4) is 0 Å². The molecule has 6 heteroatoms. The Bertz CT molecular complexity index is 422. The Kier molecular flexibility index (Phi) is 5.55. The molecule has 1 rings (SSSR count). The number of nitrogens with zero attached hydrogens (tertiary/aromatic N) is 2. The number of hydrogen-bond acceptors (Lipinski definition) is 4. The number of anilines is 1. The van der Waals surface area contributed by atoms with Gasteiger partial charge in [-0.15, -0.1) is 0 Å². The molecule has 2 N–H and O–H groups in total. The Balaban J connectivity index is 2.80. The molecule has 1 aromatic heterocycles. The average Bonchev–Trinajstić information content (AvgIpc) is 2.27. The second-order valence-corrected chi connectivity index (χ2v) is 5.23. The molecule has 0 aliphatic carbocycles. The van der Waals surface area contributed by atoms with Crippen molar-refractivity contribution in [2.75, 3.05) is 25.5 Å². The van der Waals surface area contributed by atoms with E-state index in [1.165, 1.54) is 0 Å². The topological polar surface area (TPSA) is 65.5 Å². The third-order valence-corrected chi connectivity index (χ3v) is 2.78.